The van der Waals surface area contributed by atoms with E-state index in [1.165, 1.54) is 18.2 Å². The molecule has 2 aliphatic rings. The average molecular weight is 310 g/mol. The summed E-state index contributed by atoms with van der Waals surface area (Å²) in [7, 11) is 0. The quantitative estimate of drug-likeness (QED) is 0.670. The number of carbonyl (C=O) groups excluding carboxylic acids is 1. The van der Waals surface area contributed by atoms with Gasteiger partial charge in [0.15, 0.2) is 0 Å². The van der Waals surface area contributed by atoms with Gasteiger partial charge in [-0.15, -0.1) is 0 Å². The Hall–Kier alpha value is -1.66. The van der Waals surface area contributed by atoms with Crippen molar-refractivity contribution in [1.29, 1.82) is 0 Å². The van der Waals surface area contributed by atoms with E-state index >= 15 is 0 Å². The number of hydrogen-bond acceptors (Lipinski definition) is 4. The molecular formula is C14H16ClN3O3. The monoisotopic (exact) mass is 309 g/mol. The van der Waals surface area contributed by atoms with Gasteiger partial charge in [-0.3, -0.25) is 14.9 Å². The number of likely N-dealkylation sites (tertiary alicyclic amines) is 1. The molecule has 1 aromatic carbocycles. The lowest BCUT2D eigenvalue weighted by Gasteiger charge is -2.37. The van der Waals surface area contributed by atoms with E-state index in [-0.39, 0.29) is 28.2 Å². The minimum atomic E-state index is -0.548. The van der Waals surface area contributed by atoms with E-state index in [1.807, 2.05) is 0 Å². The van der Waals surface area contributed by atoms with Gasteiger partial charge in [-0.2, -0.15) is 0 Å². The molecule has 1 amide bonds. The number of amides is 1. The largest absolute Gasteiger partial charge is 0.334 e. The van der Waals surface area contributed by atoms with Crippen LogP contribution in [0.3, 0.4) is 0 Å². The second-order valence-corrected chi connectivity index (χ2v) is 5.92. The molecule has 0 bridgehead atoms. The zero-order chi connectivity index (χ0) is 15.0. The molecular weight excluding hydrogens is 294 g/mol. The molecule has 0 radical (unpaired) electrons. The topological polar surface area (TPSA) is 75.5 Å². The molecule has 0 aliphatic carbocycles. The number of hydrogen-bond donors (Lipinski definition) is 1. The number of fused-ring (bicyclic) bond motifs is 1. The lowest BCUT2D eigenvalue weighted by molar-refractivity contribution is -0.385. The summed E-state index contributed by atoms with van der Waals surface area (Å²) in [6.07, 6.45) is 2.01. The van der Waals surface area contributed by atoms with Crippen LogP contribution in [0.25, 0.3) is 0 Å². The molecule has 0 saturated carbocycles. The number of benzene rings is 1. The van der Waals surface area contributed by atoms with Gasteiger partial charge in [0.25, 0.3) is 11.6 Å². The highest BCUT2D eigenvalue weighted by atomic mass is 35.5. The van der Waals surface area contributed by atoms with Crippen molar-refractivity contribution in [2.45, 2.75) is 18.9 Å². The maximum atomic E-state index is 12.8. The first-order chi connectivity index (χ1) is 10.1. The SMILES string of the molecule is O=C(c1c(Cl)cccc1[N+](=O)[O-])N1CCCC2CNCC21. The summed E-state index contributed by atoms with van der Waals surface area (Å²) < 4.78 is 0. The van der Waals surface area contributed by atoms with E-state index in [9.17, 15) is 14.9 Å². The molecule has 2 heterocycles. The molecule has 7 heteroatoms. The molecule has 0 spiro atoms. The van der Waals surface area contributed by atoms with E-state index in [1.54, 1.807) is 4.90 Å². The predicted octanol–water partition coefficient (Wildman–Crippen LogP) is 2.07. The fraction of sp³-hybridized carbons (Fsp3) is 0.500. The second kappa shape index (κ2) is 5.61. The maximum absolute atomic E-state index is 12.8. The Kier molecular flexibility index (Phi) is 3.82. The minimum absolute atomic E-state index is 0.0108. The number of nitrogens with zero attached hydrogens (tertiary/aromatic N) is 2. The van der Waals surface area contributed by atoms with Crippen molar-refractivity contribution < 1.29 is 9.72 Å². The van der Waals surface area contributed by atoms with Crippen LogP contribution < -0.4 is 5.32 Å². The summed E-state index contributed by atoms with van der Waals surface area (Å²) in [5.41, 5.74) is -0.211. The van der Waals surface area contributed by atoms with Gasteiger partial charge in [-0.1, -0.05) is 17.7 Å². The molecule has 3 rings (SSSR count). The highest BCUT2D eigenvalue weighted by Gasteiger charge is 2.39. The van der Waals surface area contributed by atoms with E-state index in [4.69, 9.17) is 11.6 Å². The fourth-order valence-corrected chi connectivity index (χ4v) is 3.59. The van der Waals surface area contributed by atoms with Crippen molar-refractivity contribution in [3.63, 3.8) is 0 Å². The Morgan fingerprint density at radius 2 is 2.24 bits per heavy atom. The van der Waals surface area contributed by atoms with Gasteiger partial charge < -0.3 is 10.2 Å². The third-order valence-electron chi connectivity index (χ3n) is 4.34. The number of carbonyl (C=O) groups is 1. The van der Waals surface area contributed by atoms with Crippen LogP contribution in [-0.2, 0) is 0 Å². The Bertz CT molecular complexity index is 593. The van der Waals surface area contributed by atoms with Crippen molar-refractivity contribution in [2.75, 3.05) is 19.6 Å². The van der Waals surface area contributed by atoms with Crippen LogP contribution in [0, 0.1) is 16.0 Å². The zero-order valence-electron chi connectivity index (χ0n) is 11.4. The van der Waals surface area contributed by atoms with Gasteiger partial charge in [-0.05, 0) is 24.8 Å². The fourth-order valence-electron chi connectivity index (χ4n) is 3.34. The molecule has 2 atom stereocenters. The lowest BCUT2D eigenvalue weighted by atomic mass is 9.91. The van der Waals surface area contributed by atoms with Crippen molar-refractivity contribution in [2.24, 2.45) is 5.92 Å². The maximum Gasteiger partial charge on any atom is 0.283 e. The van der Waals surface area contributed by atoms with E-state index in [0.29, 0.717) is 12.5 Å². The van der Waals surface area contributed by atoms with Crippen molar-refractivity contribution in [3.8, 4) is 0 Å². The van der Waals surface area contributed by atoms with Gasteiger partial charge in [0, 0.05) is 31.7 Å². The molecule has 2 aliphatic heterocycles. The summed E-state index contributed by atoms with van der Waals surface area (Å²) in [6, 6.07) is 4.46. The normalized spacial score (nSPS) is 24.7. The van der Waals surface area contributed by atoms with Crippen LogP contribution in [-0.4, -0.2) is 41.4 Å². The summed E-state index contributed by atoms with van der Waals surface area (Å²) in [4.78, 5) is 25.2. The molecule has 1 aromatic rings. The molecule has 1 N–H and O–H groups in total. The predicted molar refractivity (Wildman–Crippen MR) is 78.5 cm³/mol. The summed E-state index contributed by atoms with van der Waals surface area (Å²) in [5.74, 6) is 0.106. The van der Waals surface area contributed by atoms with Crippen molar-refractivity contribution in [1.82, 2.24) is 10.2 Å². The van der Waals surface area contributed by atoms with Gasteiger partial charge in [0.2, 0.25) is 0 Å². The Morgan fingerprint density at radius 1 is 1.43 bits per heavy atom. The zero-order valence-corrected chi connectivity index (χ0v) is 12.2. The van der Waals surface area contributed by atoms with E-state index < -0.39 is 4.92 Å². The van der Waals surface area contributed by atoms with Crippen LogP contribution in [0.15, 0.2) is 18.2 Å². The van der Waals surface area contributed by atoms with E-state index in [0.717, 1.165) is 25.9 Å². The number of rotatable bonds is 2. The van der Waals surface area contributed by atoms with Crippen LogP contribution in [0.2, 0.25) is 5.02 Å². The van der Waals surface area contributed by atoms with E-state index in [2.05, 4.69) is 5.32 Å². The number of nitrogens with one attached hydrogen (secondary N) is 1. The molecule has 2 unspecified atom stereocenters. The first kappa shape index (κ1) is 14.3. The second-order valence-electron chi connectivity index (χ2n) is 5.52. The minimum Gasteiger partial charge on any atom is -0.334 e. The van der Waals surface area contributed by atoms with Crippen LogP contribution in [0.5, 0.6) is 0 Å². The highest BCUT2D eigenvalue weighted by Crippen LogP contribution is 2.32. The third-order valence-corrected chi connectivity index (χ3v) is 4.66. The summed E-state index contributed by atoms with van der Waals surface area (Å²) in [5, 5.41) is 14.6. The smallest absolute Gasteiger partial charge is 0.283 e. The number of nitro benzene ring substituents is 1. The molecule has 2 saturated heterocycles. The van der Waals surface area contributed by atoms with Gasteiger partial charge in [-0.25, -0.2) is 0 Å². The summed E-state index contributed by atoms with van der Waals surface area (Å²) >= 11 is 6.06. The summed E-state index contributed by atoms with van der Waals surface area (Å²) in [6.45, 7) is 2.28. The van der Waals surface area contributed by atoms with Crippen molar-refractivity contribution in [3.05, 3.63) is 38.9 Å². The highest BCUT2D eigenvalue weighted by molar-refractivity contribution is 6.34. The Balaban J connectivity index is 1.97. The van der Waals surface area contributed by atoms with Crippen LogP contribution >= 0.6 is 11.6 Å². The molecule has 21 heavy (non-hydrogen) atoms. The number of nitro groups is 1. The molecule has 2 fully saturated rings. The first-order valence-electron chi connectivity index (χ1n) is 7.04. The van der Waals surface area contributed by atoms with Crippen LogP contribution in [0.1, 0.15) is 23.2 Å². The molecule has 0 aromatic heterocycles. The average Bonchev–Trinajstić information content (AvgIpc) is 2.94. The van der Waals surface area contributed by atoms with Crippen molar-refractivity contribution >= 4 is 23.2 Å². The number of halogens is 1. The Morgan fingerprint density at radius 3 is 3.00 bits per heavy atom. The van der Waals surface area contributed by atoms with Gasteiger partial charge in [0.1, 0.15) is 5.56 Å². The standard InChI is InChI=1S/C14H16ClN3O3/c15-10-4-1-5-11(18(20)21)13(10)14(19)17-6-2-3-9-7-16-8-12(9)17/h1,4-5,9,12,16H,2-3,6-8H2. The number of piperidine rings is 1. The Labute approximate surface area is 127 Å². The third kappa shape index (κ3) is 2.49. The molecule has 112 valence electrons. The first-order valence-corrected chi connectivity index (χ1v) is 7.42. The van der Waals surface area contributed by atoms with Gasteiger partial charge >= 0.3 is 0 Å². The lowest BCUT2D eigenvalue weighted by Crippen LogP contribution is -2.48. The van der Waals surface area contributed by atoms with Crippen LogP contribution in [0.4, 0.5) is 5.69 Å². The van der Waals surface area contributed by atoms with Gasteiger partial charge in [0.05, 0.1) is 9.95 Å². The molecule has 6 nitrogen and oxygen atoms in total.